The Hall–Kier alpha value is -3.12. The fraction of sp³-hybridized carbons (Fsp3) is 0.478. The molecule has 0 spiro atoms. The van der Waals surface area contributed by atoms with Crippen molar-refractivity contribution in [3.63, 3.8) is 0 Å². The molecule has 0 bridgehead atoms. The van der Waals surface area contributed by atoms with Crippen LogP contribution in [0.1, 0.15) is 153 Å². The molecule has 4 aromatic carbocycles. The topological polar surface area (TPSA) is 0 Å². The van der Waals surface area contributed by atoms with Crippen LogP contribution in [0.4, 0.5) is 0 Å². The smallest absolute Gasteiger partial charge is 0.0154 e. The van der Waals surface area contributed by atoms with E-state index in [2.05, 4.69) is 118 Å². The summed E-state index contributed by atoms with van der Waals surface area (Å²) in [5, 5.41) is 0. The van der Waals surface area contributed by atoms with Gasteiger partial charge in [0.15, 0.2) is 0 Å². The Kier molecular flexibility index (Phi) is 11.5. The average molecular weight is 611 g/mol. The van der Waals surface area contributed by atoms with E-state index in [9.17, 15) is 0 Å². The second-order valence-electron chi connectivity index (χ2n) is 14.9. The van der Waals surface area contributed by atoms with Gasteiger partial charge >= 0.3 is 0 Å². The Morgan fingerprint density at radius 3 is 1.59 bits per heavy atom. The molecule has 0 aliphatic heterocycles. The lowest BCUT2D eigenvalue weighted by Crippen LogP contribution is -2.13. The van der Waals surface area contributed by atoms with Crippen LogP contribution in [0.3, 0.4) is 0 Å². The van der Waals surface area contributed by atoms with Gasteiger partial charge in [-0.25, -0.2) is 0 Å². The van der Waals surface area contributed by atoms with Crippen LogP contribution in [0.25, 0.3) is 0 Å². The molecule has 0 saturated carbocycles. The van der Waals surface area contributed by atoms with Crippen molar-refractivity contribution in [3.05, 3.63) is 142 Å². The molecule has 4 aromatic rings. The molecule has 0 saturated heterocycles. The standard InChI is InChI=1S/C46H58/c1-4-35(30-46(38-18-12-8-13-19-38)29-34(3)41-25-21-39-23-27-44(39)32-41)15-9-6-14-20-42(37-16-10-7-11-17-37)31-36(5-2)43-26-22-40-24-28-45(40)33-43/h7-8,10-13,16-19,21-22,25-26,32-36,42,46H,4-6,9,14-15,20,23-24,27-31H2,1-3H3. The lowest BCUT2D eigenvalue weighted by molar-refractivity contribution is 0.359. The number of unbranched alkanes of at least 4 members (excludes halogenated alkanes) is 2. The predicted molar refractivity (Wildman–Crippen MR) is 198 cm³/mol. The first-order valence-corrected chi connectivity index (χ1v) is 18.9. The SMILES string of the molecule is CCC(CCCCCC(CC(CC)c1ccc2c(c1)CC2)c1ccccc1)CC(CC(C)c1ccc2c(c1)CC2)c1ccccc1. The summed E-state index contributed by atoms with van der Waals surface area (Å²) in [6, 6.07) is 37.6. The van der Waals surface area contributed by atoms with Crippen molar-refractivity contribution in [1.29, 1.82) is 0 Å². The average Bonchev–Trinajstić information content (AvgIpc) is 3.07. The molecular formula is C46H58. The third-order valence-corrected chi connectivity index (χ3v) is 11.9. The van der Waals surface area contributed by atoms with E-state index in [1.807, 2.05) is 0 Å². The number of hydrogen-bond acceptors (Lipinski definition) is 0. The van der Waals surface area contributed by atoms with E-state index in [0.717, 1.165) is 5.92 Å². The Morgan fingerprint density at radius 1 is 0.457 bits per heavy atom. The highest BCUT2D eigenvalue weighted by Crippen LogP contribution is 2.39. The Bertz CT molecular complexity index is 1500. The minimum absolute atomic E-state index is 0.600. The van der Waals surface area contributed by atoms with Gasteiger partial charge in [0.05, 0.1) is 0 Å². The molecule has 0 aromatic heterocycles. The van der Waals surface area contributed by atoms with Crippen LogP contribution in [0.2, 0.25) is 0 Å². The van der Waals surface area contributed by atoms with E-state index < -0.39 is 0 Å². The molecule has 0 heteroatoms. The van der Waals surface area contributed by atoms with Crippen LogP contribution in [-0.2, 0) is 25.7 Å². The molecule has 2 aliphatic rings. The predicted octanol–water partition coefficient (Wildman–Crippen LogP) is 12.9. The maximum Gasteiger partial charge on any atom is -0.0154 e. The van der Waals surface area contributed by atoms with E-state index in [1.54, 1.807) is 44.5 Å². The lowest BCUT2D eigenvalue weighted by atomic mass is 9.77. The number of benzene rings is 4. The Morgan fingerprint density at radius 2 is 1.02 bits per heavy atom. The molecule has 0 fully saturated rings. The van der Waals surface area contributed by atoms with Crippen LogP contribution in [0, 0.1) is 5.92 Å². The molecular weight excluding hydrogens is 553 g/mol. The Labute approximate surface area is 281 Å². The fourth-order valence-corrected chi connectivity index (χ4v) is 8.57. The molecule has 242 valence electrons. The van der Waals surface area contributed by atoms with Crippen molar-refractivity contribution in [2.24, 2.45) is 5.92 Å². The summed E-state index contributed by atoms with van der Waals surface area (Å²) < 4.78 is 0. The van der Waals surface area contributed by atoms with Crippen LogP contribution in [-0.4, -0.2) is 0 Å². The third-order valence-electron chi connectivity index (χ3n) is 11.9. The van der Waals surface area contributed by atoms with Crippen molar-refractivity contribution in [2.75, 3.05) is 0 Å². The number of fused-ring (bicyclic) bond motifs is 2. The maximum absolute atomic E-state index is 2.54. The molecule has 5 unspecified atom stereocenters. The monoisotopic (exact) mass is 610 g/mol. The van der Waals surface area contributed by atoms with Crippen molar-refractivity contribution >= 4 is 0 Å². The molecule has 0 radical (unpaired) electrons. The summed E-state index contributed by atoms with van der Waals surface area (Å²) in [6.07, 6.45) is 18.2. The molecule has 0 nitrogen and oxygen atoms in total. The van der Waals surface area contributed by atoms with E-state index in [0.29, 0.717) is 23.7 Å². The third kappa shape index (κ3) is 8.23. The van der Waals surface area contributed by atoms with Crippen LogP contribution in [0.15, 0.2) is 97.1 Å². The van der Waals surface area contributed by atoms with Crippen molar-refractivity contribution in [1.82, 2.24) is 0 Å². The van der Waals surface area contributed by atoms with Gasteiger partial charge in [-0.05, 0) is 132 Å². The molecule has 46 heavy (non-hydrogen) atoms. The quantitative estimate of drug-likeness (QED) is 0.0983. The van der Waals surface area contributed by atoms with Gasteiger partial charge in [-0.15, -0.1) is 0 Å². The van der Waals surface area contributed by atoms with Crippen LogP contribution < -0.4 is 0 Å². The van der Waals surface area contributed by atoms with Gasteiger partial charge in [-0.3, -0.25) is 0 Å². The van der Waals surface area contributed by atoms with Gasteiger partial charge in [0.25, 0.3) is 0 Å². The Balaban J connectivity index is 1.03. The molecule has 6 rings (SSSR count). The second-order valence-corrected chi connectivity index (χ2v) is 14.9. The van der Waals surface area contributed by atoms with Gasteiger partial charge in [0.1, 0.15) is 0 Å². The maximum atomic E-state index is 2.54. The summed E-state index contributed by atoms with van der Waals surface area (Å²) in [5.41, 5.74) is 12.6. The first-order chi connectivity index (χ1) is 22.6. The zero-order chi connectivity index (χ0) is 31.7. The normalized spacial score (nSPS) is 16.7. The fourth-order valence-electron chi connectivity index (χ4n) is 8.57. The first-order valence-electron chi connectivity index (χ1n) is 18.9. The minimum atomic E-state index is 0.600. The molecule has 0 heterocycles. The highest BCUT2D eigenvalue weighted by Gasteiger charge is 2.23. The van der Waals surface area contributed by atoms with E-state index in [4.69, 9.17) is 0 Å². The van der Waals surface area contributed by atoms with Gasteiger partial charge in [-0.2, -0.15) is 0 Å². The number of rotatable bonds is 18. The van der Waals surface area contributed by atoms with E-state index in [1.165, 1.54) is 89.9 Å². The summed E-state index contributed by atoms with van der Waals surface area (Å²) in [5.74, 6) is 3.35. The van der Waals surface area contributed by atoms with Crippen molar-refractivity contribution in [2.45, 2.75) is 134 Å². The number of hydrogen-bond donors (Lipinski definition) is 0. The van der Waals surface area contributed by atoms with Gasteiger partial charge < -0.3 is 0 Å². The van der Waals surface area contributed by atoms with E-state index >= 15 is 0 Å². The zero-order valence-electron chi connectivity index (χ0n) is 29.0. The summed E-state index contributed by atoms with van der Waals surface area (Å²) >= 11 is 0. The molecule has 0 amide bonds. The number of aryl methyl sites for hydroxylation is 4. The van der Waals surface area contributed by atoms with E-state index in [-0.39, 0.29) is 0 Å². The summed E-state index contributed by atoms with van der Waals surface area (Å²) in [6.45, 7) is 7.29. The molecule has 0 N–H and O–H groups in total. The lowest BCUT2D eigenvalue weighted by Gasteiger charge is -2.28. The first kappa shape index (κ1) is 32.8. The van der Waals surface area contributed by atoms with Crippen molar-refractivity contribution < 1.29 is 0 Å². The largest absolute Gasteiger partial charge is 0.0651 e. The summed E-state index contributed by atoms with van der Waals surface area (Å²) in [7, 11) is 0. The molecule has 2 aliphatic carbocycles. The second kappa shape index (κ2) is 16.1. The zero-order valence-corrected chi connectivity index (χ0v) is 29.0. The molecule has 5 atom stereocenters. The van der Waals surface area contributed by atoms with Gasteiger partial charge in [0, 0.05) is 0 Å². The van der Waals surface area contributed by atoms with Gasteiger partial charge in [-0.1, -0.05) is 150 Å². The van der Waals surface area contributed by atoms with Crippen LogP contribution >= 0.6 is 0 Å². The highest BCUT2D eigenvalue weighted by atomic mass is 14.3. The van der Waals surface area contributed by atoms with Crippen LogP contribution in [0.5, 0.6) is 0 Å². The summed E-state index contributed by atoms with van der Waals surface area (Å²) in [4.78, 5) is 0. The minimum Gasteiger partial charge on any atom is -0.0651 e. The highest BCUT2D eigenvalue weighted by molar-refractivity contribution is 5.41. The van der Waals surface area contributed by atoms with Gasteiger partial charge in [0.2, 0.25) is 0 Å². The van der Waals surface area contributed by atoms with Crippen molar-refractivity contribution in [3.8, 4) is 0 Å².